The Morgan fingerprint density at radius 2 is 1.82 bits per heavy atom. The van der Waals surface area contributed by atoms with Crippen molar-refractivity contribution < 1.29 is 18.1 Å². The van der Waals surface area contributed by atoms with E-state index in [1.807, 2.05) is 11.8 Å². The van der Waals surface area contributed by atoms with Crippen LogP contribution in [0.4, 0.5) is 18.9 Å². The Bertz CT molecular complexity index is 662. The van der Waals surface area contributed by atoms with Crippen molar-refractivity contribution in [1.29, 1.82) is 0 Å². The fourth-order valence-electron chi connectivity index (χ4n) is 2.84. The molecule has 0 amide bonds. The monoisotopic (exact) mass is 515 g/mol. The Morgan fingerprint density at radius 3 is 2.29 bits per heavy atom. The highest BCUT2D eigenvalue weighted by Gasteiger charge is 2.41. The summed E-state index contributed by atoms with van der Waals surface area (Å²) in [6, 6.07) is 4.69. The molecular formula is C17H25F3IN5O2. The van der Waals surface area contributed by atoms with Gasteiger partial charge in [-0.25, -0.2) is 4.99 Å². The molecular weight excluding hydrogens is 490 g/mol. The summed E-state index contributed by atoms with van der Waals surface area (Å²) in [7, 11) is 0. The van der Waals surface area contributed by atoms with Gasteiger partial charge in [-0.2, -0.15) is 13.2 Å². The van der Waals surface area contributed by atoms with E-state index in [0.717, 1.165) is 5.56 Å². The minimum absolute atomic E-state index is 0. The molecule has 1 aromatic rings. The lowest BCUT2D eigenvalue weighted by Crippen LogP contribution is -2.56. The van der Waals surface area contributed by atoms with Crippen LogP contribution in [0.25, 0.3) is 0 Å². The first-order chi connectivity index (χ1) is 12.7. The molecule has 28 heavy (non-hydrogen) atoms. The van der Waals surface area contributed by atoms with E-state index in [-0.39, 0.29) is 29.7 Å². The minimum atomic E-state index is -4.23. The van der Waals surface area contributed by atoms with Gasteiger partial charge in [-0.15, -0.1) is 24.0 Å². The van der Waals surface area contributed by atoms with Crippen molar-refractivity contribution in [2.24, 2.45) is 4.99 Å². The number of hydrogen-bond acceptors (Lipinski definition) is 4. The molecule has 1 saturated heterocycles. The molecule has 158 valence electrons. The summed E-state index contributed by atoms with van der Waals surface area (Å²) >= 11 is 0. The van der Waals surface area contributed by atoms with E-state index in [0.29, 0.717) is 45.2 Å². The number of nitro benzene ring substituents is 1. The number of benzene rings is 1. The highest BCUT2D eigenvalue weighted by atomic mass is 127. The average molecular weight is 515 g/mol. The zero-order valence-corrected chi connectivity index (χ0v) is 18.1. The average Bonchev–Trinajstić information content (AvgIpc) is 2.64. The lowest BCUT2D eigenvalue weighted by Gasteiger charge is -2.39. The van der Waals surface area contributed by atoms with E-state index in [9.17, 15) is 23.3 Å². The minimum Gasteiger partial charge on any atom is -0.357 e. The summed E-state index contributed by atoms with van der Waals surface area (Å²) in [6.45, 7) is 5.59. The van der Waals surface area contributed by atoms with Gasteiger partial charge in [-0.05, 0) is 19.4 Å². The summed E-state index contributed by atoms with van der Waals surface area (Å²) in [5, 5.41) is 13.8. The van der Waals surface area contributed by atoms with Crippen LogP contribution in [-0.4, -0.2) is 65.6 Å². The third kappa shape index (κ3) is 6.76. The largest absolute Gasteiger partial charge is 0.403 e. The maximum Gasteiger partial charge on any atom is 0.403 e. The number of nitrogens with one attached hydrogen (secondary N) is 1. The van der Waals surface area contributed by atoms with Gasteiger partial charge in [0.15, 0.2) is 5.96 Å². The van der Waals surface area contributed by atoms with Crippen LogP contribution in [0.2, 0.25) is 0 Å². The Kier molecular flexibility index (Phi) is 9.40. The molecule has 11 heteroatoms. The molecule has 1 aromatic carbocycles. The number of rotatable bonds is 5. The smallest absolute Gasteiger partial charge is 0.357 e. The van der Waals surface area contributed by atoms with Gasteiger partial charge < -0.3 is 10.2 Å². The molecule has 1 fully saturated rings. The molecule has 0 aromatic heterocycles. The van der Waals surface area contributed by atoms with E-state index in [1.165, 1.54) is 24.0 Å². The van der Waals surface area contributed by atoms with Crippen LogP contribution in [0, 0.1) is 10.1 Å². The highest BCUT2D eigenvalue weighted by Crippen LogP contribution is 2.25. The SMILES string of the molecule is CCNC(=NCc1ccc([N+](=O)[O-])cc1)N1CCN(C(C)C(F)(F)F)CC1.I. The molecule has 0 spiro atoms. The Balaban J connectivity index is 0.00000392. The van der Waals surface area contributed by atoms with Gasteiger partial charge in [-0.1, -0.05) is 12.1 Å². The Hall–Kier alpha value is -1.63. The van der Waals surface area contributed by atoms with Gasteiger partial charge in [-0.3, -0.25) is 15.0 Å². The molecule has 1 unspecified atom stereocenters. The number of alkyl halides is 3. The van der Waals surface area contributed by atoms with Crippen molar-refractivity contribution in [3.05, 3.63) is 39.9 Å². The molecule has 0 radical (unpaired) electrons. The number of aliphatic imine (C=N–C) groups is 1. The van der Waals surface area contributed by atoms with Crippen LogP contribution in [-0.2, 0) is 6.54 Å². The van der Waals surface area contributed by atoms with Crippen molar-refractivity contribution in [3.63, 3.8) is 0 Å². The standard InChI is InChI=1S/C17H24F3N5O2.HI/c1-3-21-16(22-12-14-4-6-15(7-5-14)25(26)27)24-10-8-23(9-11-24)13(2)17(18,19)20;/h4-7,13H,3,8-12H2,1-2H3,(H,21,22);1H. The number of nitro groups is 1. The fourth-order valence-corrected chi connectivity index (χ4v) is 2.84. The topological polar surface area (TPSA) is 74.0 Å². The second kappa shape index (κ2) is 10.8. The van der Waals surface area contributed by atoms with Crippen molar-refractivity contribution in [3.8, 4) is 0 Å². The fraction of sp³-hybridized carbons (Fsp3) is 0.588. The zero-order chi connectivity index (χ0) is 20.0. The lowest BCUT2D eigenvalue weighted by atomic mass is 10.2. The zero-order valence-electron chi connectivity index (χ0n) is 15.8. The molecule has 1 aliphatic rings. The van der Waals surface area contributed by atoms with Crippen molar-refractivity contribution in [2.45, 2.75) is 32.6 Å². The van der Waals surface area contributed by atoms with E-state index in [4.69, 9.17) is 0 Å². The summed E-state index contributed by atoms with van der Waals surface area (Å²) in [5.41, 5.74) is 0.838. The third-order valence-corrected chi connectivity index (χ3v) is 4.53. The van der Waals surface area contributed by atoms with Crippen LogP contribution < -0.4 is 5.32 Å². The summed E-state index contributed by atoms with van der Waals surface area (Å²) in [5.74, 6) is 0.634. The number of guanidine groups is 1. The number of halogens is 4. The van der Waals surface area contributed by atoms with Gasteiger partial charge in [0.25, 0.3) is 5.69 Å². The van der Waals surface area contributed by atoms with Gasteiger partial charge in [0.1, 0.15) is 6.04 Å². The Morgan fingerprint density at radius 1 is 1.25 bits per heavy atom. The first-order valence-electron chi connectivity index (χ1n) is 8.79. The molecule has 0 saturated carbocycles. The van der Waals surface area contributed by atoms with Crippen LogP contribution >= 0.6 is 24.0 Å². The second-order valence-electron chi connectivity index (χ2n) is 6.33. The van der Waals surface area contributed by atoms with E-state index in [1.54, 1.807) is 12.1 Å². The number of piperazine rings is 1. The molecule has 1 heterocycles. The summed E-state index contributed by atoms with van der Waals surface area (Å²) in [6.07, 6.45) is -4.23. The maximum atomic E-state index is 12.9. The van der Waals surface area contributed by atoms with Crippen molar-refractivity contribution in [2.75, 3.05) is 32.7 Å². The van der Waals surface area contributed by atoms with Gasteiger partial charge in [0.05, 0.1) is 11.5 Å². The molecule has 0 aliphatic carbocycles. The molecule has 1 N–H and O–H groups in total. The van der Waals surface area contributed by atoms with Crippen molar-refractivity contribution in [1.82, 2.24) is 15.1 Å². The van der Waals surface area contributed by atoms with Gasteiger partial charge in [0.2, 0.25) is 0 Å². The number of non-ortho nitro benzene ring substituents is 1. The van der Waals surface area contributed by atoms with Gasteiger partial charge in [0, 0.05) is 44.9 Å². The predicted octanol–water partition coefficient (Wildman–Crippen LogP) is 3.25. The first kappa shape index (κ1) is 24.4. The van der Waals surface area contributed by atoms with Crippen LogP contribution in [0.3, 0.4) is 0 Å². The first-order valence-corrected chi connectivity index (χ1v) is 8.79. The lowest BCUT2D eigenvalue weighted by molar-refractivity contribution is -0.384. The maximum absolute atomic E-state index is 12.9. The molecule has 7 nitrogen and oxygen atoms in total. The van der Waals surface area contributed by atoms with Crippen molar-refractivity contribution >= 4 is 35.6 Å². The quantitative estimate of drug-likeness (QED) is 0.214. The summed E-state index contributed by atoms with van der Waals surface area (Å²) in [4.78, 5) is 18.1. The molecule has 0 bridgehead atoms. The van der Waals surface area contributed by atoms with Crippen LogP contribution in [0.1, 0.15) is 19.4 Å². The highest BCUT2D eigenvalue weighted by molar-refractivity contribution is 14.0. The third-order valence-electron chi connectivity index (χ3n) is 4.53. The van der Waals surface area contributed by atoms with Crippen LogP contribution in [0.5, 0.6) is 0 Å². The summed E-state index contributed by atoms with van der Waals surface area (Å²) < 4.78 is 38.6. The Labute approximate surface area is 179 Å². The number of hydrogen-bond donors (Lipinski definition) is 1. The molecule has 2 rings (SSSR count). The van der Waals surface area contributed by atoms with E-state index in [2.05, 4.69) is 10.3 Å². The predicted molar refractivity (Wildman–Crippen MR) is 112 cm³/mol. The van der Waals surface area contributed by atoms with Gasteiger partial charge >= 0.3 is 6.18 Å². The van der Waals surface area contributed by atoms with E-state index >= 15 is 0 Å². The molecule has 1 atom stereocenters. The molecule has 1 aliphatic heterocycles. The van der Waals surface area contributed by atoms with E-state index < -0.39 is 17.1 Å². The normalized spacial score (nSPS) is 17.0. The number of nitrogens with zero attached hydrogens (tertiary/aromatic N) is 4. The second-order valence-corrected chi connectivity index (χ2v) is 6.33. The van der Waals surface area contributed by atoms with Crippen LogP contribution in [0.15, 0.2) is 29.3 Å².